The third kappa shape index (κ3) is 4.78. The highest BCUT2D eigenvalue weighted by molar-refractivity contribution is 5.82. The van der Waals surface area contributed by atoms with Crippen molar-refractivity contribution in [1.29, 1.82) is 0 Å². The third-order valence-electron chi connectivity index (χ3n) is 2.39. The minimum Gasteiger partial charge on any atom is -0.481 e. The van der Waals surface area contributed by atoms with Crippen molar-refractivity contribution in [3.8, 4) is 0 Å². The number of hydrogen-bond donors (Lipinski definition) is 3. The van der Waals surface area contributed by atoms with E-state index < -0.39 is 17.9 Å². The summed E-state index contributed by atoms with van der Waals surface area (Å²) in [4.78, 5) is 22.1. The van der Waals surface area contributed by atoms with E-state index in [4.69, 9.17) is 10.8 Å². The highest BCUT2D eigenvalue weighted by Crippen LogP contribution is 2.09. The number of carbonyl (C=O) groups excluding carboxylic acids is 1. The molecule has 5 nitrogen and oxygen atoms in total. The molecule has 0 spiro atoms. The maximum Gasteiger partial charge on any atom is 0.308 e. The monoisotopic (exact) mass is 216 g/mol. The van der Waals surface area contributed by atoms with E-state index in [2.05, 4.69) is 5.32 Å². The average Bonchev–Trinajstić information content (AvgIpc) is 2.15. The number of nitrogens with two attached hydrogens (primary N) is 1. The fourth-order valence-electron chi connectivity index (χ4n) is 1.14. The van der Waals surface area contributed by atoms with E-state index in [-0.39, 0.29) is 18.4 Å². The molecule has 1 unspecified atom stereocenters. The molecule has 4 N–H and O–H groups in total. The largest absolute Gasteiger partial charge is 0.481 e. The lowest BCUT2D eigenvalue weighted by Gasteiger charge is -2.18. The molecule has 5 heteroatoms. The molecule has 0 aliphatic rings. The third-order valence-corrected chi connectivity index (χ3v) is 2.39. The molecule has 0 aliphatic heterocycles. The van der Waals surface area contributed by atoms with Crippen molar-refractivity contribution in [3.05, 3.63) is 0 Å². The van der Waals surface area contributed by atoms with Crippen LogP contribution in [0, 0.1) is 11.8 Å². The smallest absolute Gasteiger partial charge is 0.308 e. The van der Waals surface area contributed by atoms with Gasteiger partial charge in [-0.3, -0.25) is 9.59 Å². The van der Waals surface area contributed by atoms with E-state index in [1.807, 2.05) is 13.8 Å². The van der Waals surface area contributed by atoms with Gasteiger partial charge in [-0.2, -0.15) is 0 Å². The van der Waals surface area contributed by atoms with Crippen molar-refractivity contribution in [2.45, 2.75) is 33.2 Å². The van der Waals surface area contributed by atoms with Gasteiger partial charge in [0.2, 0.25) is 5.91 Å². The normalized spacial score (nSPS) is 14.7. The van der Waals surface area contributed by atoms with Gasteiger partial charge in [-0.05, 0) is 12.3 Å². The fourth-order valence-corrected chi connectivity index (χ4v) is 1.14. The fraction of sp³-hybridized carbons (Fsp3) is 0.800. The molecule has 0 fully saturated rings. The minimum atomic E-state index is -0.893. The van der Waals surface area contributed by atoms with Gasteiger partial charge < -0.3 is 16.2 Å². The molecule has 0 radical (unpaired) electrons. The van der Waals surface area contributed by atoms with E-state index >= 15 is 0 Å². The van der Waals surface area contributed by atoms with Crippen LogP contribution in [-0.2, 0) is 9.59 Å². The first kappa shape index (κ1) is 13.9. The lowest BCUT2D eigenvalue weighted by molar-refractivity contribution is -0.143. The predicted molar refractivity (Wildman–Crippen MR) is 57.2 cm³/mol. The van der Waals surface area contributed by atoms with Gasteiger partial charge in [-0.1, -0.05) is 20.8 Å². The zero-order chi connectivity index (χ0) is 12.0. The first-order valence-corrected chi connectivity index (χ1v) is 5.16. The summed E-state index contributed by atoms with van der Waals surface area (Å²) in [5.41, 5.74) is 5.50. The van der Waals surface area contributed by atoms with Crippen LogP contribution in [0.4, 0.5) is 0 Å². The molecular weight excluding hydrogens is 196 g/mol. The molecule has 0 bridgehead atoms. The molecule has 88 valence electrons. The summed E-state index contributed by atoms with van der Waals surface area (Å²) in [6, 6.07) is -0.549. The van der Waals surface area contributed by atoms with E-state index in [1.54, 1.807) is 6.92 Å². The number of nitrogens with one attached hydrogen (secondary N) is 1. The van der Waals surface area contributed by atoms with Gasteiger partial charge in [0.1, 0.15) is 0 Å². The van der Waals surface area contributed by atoms with Gasteiger partial charge in [0.25, 0.3) is 0 Å². The molecule has 15 heavy (non-hydrogen) atoms. The van der Waals surface area contributed by atoms with Crippen LogP contribution >= 0.6 is 0 Å². The Balaban J connectivity index is 4.11. The first-order valence-electron chi connectivity index (χ1n) is 5.16. The van der Waals surface area contributed by atoms with Crippen molar-refractivity contribution >= 4 is 11.9 Å². The number of carboxylic acids is 1. The van der Waals surface area contributed by atoms with E-state index in [0.29, 0.717) is 6.42 Å². The quantitative estimate of drug-likeness (QED) is 0.591. The van der Waals surface area contributed by atoms with E-state index in [0.717, 1.165) is 0 Å². The summed E-state index contributed by atoms with van der Waals surface area (Å²) >= 11 is 0. The summed E-state index contributed by atoms with van der Waals surface area (Å²) in [5.74, 6) is -1.75. The van der Waals surface area contributed by atoms with Crippen LogP contribution in [0.15, 0.2) is 0 Å². The van der Waals surface area contributed by atoms with Crippen molar-refractivity contribution in [1.82, 2.24) is 5.32 Å². The van der Waals surface area contributed by atoms with Gasteiger partial charge in [-0.25, -0.2) is 0 Å². The number of carboxylic acid groups (broad SMARTS) is 1. The van der Waals surface area contributed by atoms with Crippen molar-refractivity contribution < 1.29 is 14.7 Å². The number of amides is 1. The maximum absolute atomic E-state index is 11.3. The second-order valence-corrected chi connectivity index (χ2v) is 3.95. The Morgan fingerprint density at radius 2 is 1.93 bits per heavy atom. The SMILES string of the molecule is CC[C@@H](N)C(=O)NCC(C(=O)O)C(C)C. The number of carbonyl (C=O) groups is 2. The lowest BCUT2D eigenvalue weighted by Crippen LogP contribution is -2.44. The Kier molecular flexibility index (Phi) is 5.93. The Morgan fingerprint density at radius 3 is 2.27 bits per heavy atom. The standard InChI is InChI=1S/C10H20N2O3/c1-4-8(11)9(13)12-5-7(6(2)3)10(14)15/h6-8H,4-5,11H2,1-3H3,(H,12,13)(H,14,15)/t7?,8-/m1/s1. The Hall–Kier alpha value is -1.10. The Labute approximate surface area is 90.0 Å². The molecule has 0 saturated heterocycles. The molecule has 0 rings (SSSR count). The zero-order valence-corrected chi connectivity index (χ0v) is 9.49. The van der Waals surface area contributed by atoms with Crippen LogP contribution in [-0.4, -0.2) is 29.6 Å². The second-order valence-electron chi connectivity index (χ2n) is 3.95. The highest BCUT2D eigenvalue weighted by Gasteiger charge is 2.22. The van der Waals surface area contributed by atoms with Gasteiger partial charge >= 0.3 is 5.97 Å². The van der Waals surface area contributed by atoms with Crippen LogP contribution in [0.2, 0.25) is 0 Å². The number of aliphatic carboxylic acids is 1. The summed E-state index contributed by atoms with van der Waals surface area (Å²) in [5, 5.41) is 11.4. The zero-order valence-electron chi connectivity index (χ0n) is 9.49. The minimum absolute atomic E-state index is 0.0133. The molecular formula is C10H20N2O3. The van der Waals surface area contributed by atoms with Crippen LogP contribution in [0.25, 0.3) is 0 Å². The van der Waals surface area contributed by atoms with Gasteiger partial charge in [0.15, 0.2) is 0 Å². The van der Waals surface area contributed by atoms with Crippen molar-refractivity contribution in [2.75, 3.05) is 6.54 Å². The van der Waals surface area contributed by atoms with Crippen LogP contribution in [0.3, 0.4) is 0 Å². The number of rotatable bonds is 6. The first-order chi connectivity index (χ1) is 6.90. The molecule has 0 aliphatic carbocycles. The number of hydrogen-bond acceptors (Lipinski definition) is 3. The molecule has 2 atom stereocenters. The highest BCUT2D eigenvalue weighted by atomic mass is 16.4. The molecule has 1 amide bonds. The summed E-state index contributed by atoms with van der Waals surface area (Å²) in [7, 11) is 0. The van der Waals surface area contributed by atoms with Crippen molar-refractivity contribution in [3.63, 3.8) is 0 Å². The van der Waals surface area contributed by atoms with Gasteiger partial charge in [0.05, 0.1) is 12.0 Å². The average molecular weight is 216 g/mol. The molecule has 0 aromatic carbocycles. The van der Waals surface area contributed by atoms with Crippen LogP contribution in [0.5, 0.6) is 0 Å². The second kappa shape index (κ2) is 6.40. The molecule has 0 heterocycles. The Morgan fingerprint density at radius 1 is 1.40 bits per heavy atom. The van der Waals surface area contributed by atoms with Crippen molar-refractivity contribution in [2.24, 2.45) is 17.6 Å². The summed E-state index contributed by atoms with van der Waals surface area (Å²) < 4.78 is 0. The topological polar surface area (TPSA) is 92.4 Å². The van der Waals surface area contributed by atoms with E-state index in [9.17, 15) is 9.59 Å². The molecule has 0 aromatic heterocycles. The predicted octanol–water partition coefficient (Wildman–Crippen LogP) is 0.197. The van der Waals surface area contributed by atoms with Crippen LogP contribution < -0.4 is 11.1 Å². The van der Waals surface area contributed by atoms with Gasteiger partial charge in [0, 0.05) is 6.54 Å². The Bertz CT molecular complexity index is 229. The molecule has 0 aromatic rings. The summed E-state index contributed by atoms with van der Waals surface area (Å²) in [6.07, 6.45) is 0.547. The summed E-state index contributed by atoms with van der Waals surface area (Å²) in [6.45, 7) is 5.57. The van der Waals surface area contributed by atoms with Crippen LogP contribution in [0.1, 0.15) is 27.2 Å². The molecule has 0 saturated carbocycles. The van der Waals surface area contributed by atoms with Gasteiger partial charge in [-0.15, -0.1) is 0 Å². The maximum atomic E-state index is 11.3. The lowest BCUT2D eigenvalue weighted by atomic mass is 9.96. The van der Waals surface area contributed by atoms with E-state index in [1.165, 1.54) is 0 Å².